The second-order valence-electron chi connectivity index (χ2n) is 5.30. The fraction of sp³-hybridized carbons (Fsp3) is 0.571. The molecular weight excluding hydrogens is 276 g/mol. The molecule has 1 aliphatic heterocycles. The fourth-order valence-corrected chi connectivity index (χ4v) is 2.54. The molecule has 2 fully saturated rings. The summed E-state index contributed by atoms with van der Waals surface area (Å²) in [7, 11) is 0. The number of hydrogen-bond acceptors (Lipinski definition) is 6. The van der Waals surface area contributed by atoms with Gasteiger partial charge in [-0.25, -0.2) is 0 Å². The van der Waals surface area contributed by atoms with Gasteiger partial charge in [-0.2, -0.15) is 5.26 Å². The minimum absolute atomic E-state index is 0.280. The number of carbonyl (C=O) groups excluding carboxylic acids is 3. The molecule has 1 saturated carbocycles. The number of nitriles is 1. The summed E-state index contributed by atoms with van der Waals surface area (Å²) in [6, 6.07) is 2.05. The van der Waals surface area contributed by atoms with Crippen LogP contribution >= 0.6 is 0 Å². The Bertz CT molecular complexity index is 536. The zero-order chi connectivity index (χ0) is 15.6. The van der Waals surface area contributed by atoms with Crippen LogP contribution in [0.2, 0.25) is 0 Å². The van der Waals surface area contributed by atoms with Gasteiger partial charge in [0.05, 0.1) is 17.9 Å². The molecule has 21 heavy (non-hydrogen) atoms. The van der Waals surface area contributed by atoms with Crippen molar-refractivity contribution in [2.24, 2.45) is 11.8 Å². The number of amides is 1. The lowest BCUT2D eigenvalue weighted by atomic mass is 9.80. The third-order valence-electron chi connectivity index (χ3n) is 3.63. The normalized spacial score (nSPS) is 30.0. The average Bonchev–Trinajstić information content (AvgIpc) is 2.75. The van der Waals surface area contributed by atoms with Gasteiger partial charge >= 0.3 is 11.9 Å². The quantitative estimate of drug-likeness (QED) is 0.580. The lowest BCUT2D eigenvalue weighted by molar-refractivity contribution is -0.162. The third-order valence-corrected chi connectivity index (χ3v) is 3.63. The van der Waals surface area contributed by atoms with Crippen molar-refractivity contribution in [2.45, 2.75) is 32.0 Å². The summed E-state index contributed by atoms with van der Waals surface area (Å²) >= 11 is 0. The number of ether oxygens (including phenoxy) is 2. The predicted molar refractivity (Wildman–Crippen MR) is 69.4 cm³/mol. The van der Waals surface area contributed by atoms with Crippen molar-refractivity contribution >= 4 is 17.8 Å². The van der Waals surface area contributed by atoms with Crippen LogP contribution in [0.5, 0.6) is 0 Å². The van der Waals surface area contributed by atoms with Gasteiger partial charge in [-0.1, -0.05) is 6.58 Å². The smallest absolute Gasteiger partial charge is 0.325 e. The van der Waals surface area contributed by atoms with E-state index in [1.54, 1.807) is 0 Å². The summed E-state index contributed by atoms with van der Waals surface area (Å²) in [4.78, 5) is 34.5. The molecule has 0 spiro atoms. The van der Waals surface area contributed by atoms with E-state index >= 15 is 0 Å². The van der Waals surface area contributed by atoms with Crippen molar-refractivity contribution in [2.75, 3.05) is 6.54 Å². The van der Waals surface area contributed by atoms with Crippen LogP contribution in [0.4, 0.5) is 0 Å². The molecule has 112 valence electrons. The largest absolute Gasteiger partial charge is 0.458 e. The van der Waals surface area contributed by atoms with Gasteiger partial charge in [0.25, 0.3) is 0 Å². The lowest BCUT2D eigenvalue weighted by Crippen LogP contribution is -2.42. The number of fused-ring (bicyclic) bond motifs is 2. The first kappa shape index (κ1) is 15.0. The maximum absolute atomic E-state index is 11.7. The summed E-state index contributed by atoms with van der Waals surface area (Å²) in [5, 5.41) is 11.5. The van der Waals surface area contributed by atoms with Crippen LogP contribution in [0.3, 0.4) is 0 Å². The standard InChI is InChI=1S/C14H16N2O5/c1-7(2)13(18)16-6-11(17)21-12-9(5-15)3-8-4-10(12)20-14(8)19/h8-10,12H,1,3-4,6H2,2H3,(H,16,18). The zero-order valence-electron chi connectivity index (χ0n) is 11.6. The van der Waals surface area contributed by atoms with Gasteiger partial charge in [-0.15, -0.1) is 0 Å². The highest BCUT2D eigenvalue weighted by Gasteiger charge is 2.50. The summed E-state index contributed by atoms with van der Waals surface area (Å²) in [6.07, 6.45) is -0.539. The van der Waals surface area contributed by atoms with Gasteiger partial charge < -0.3 is 14.8 Å². The summed E-state index contributed by atoms with van der Waals surface area (Å²) in [5.74, 6) is -2.30. The topological polar surface area (TPSA) is 105 Å². The number of hydrogen-bond donors (Lipinski definition) is 1. The Hall–Kier alpha value is -2.36. The first-order valence-corrected chi connectivity index (χ1v) is 6.65. The first-order valence-electron chi connectivity index (χ1n) is 6.65. The number of esters is 2. The van der Waals surface area contributed by atoms with E-state index in [-0.39, 0.29) is 24.0 Å². The Morgan fingerprint density at radius 2 is 2.24 bits per heavy atom. The maximum Gasteiger partial charge on any atom is 0.325 e. The molecule has 0 aromatic heterocycles. The van der Waals surface area contributed by atoms with E-state index in [1.165, 1.54) is 6.92 Å². The van der Waals surface area contributed by atoms with E-state index in [0.717, 1.165) is 0 Å². The molecule has 2 aliphatic rings. The third kappa shape index (κ3) is 3.21. The van der Waals surface area contributed by atoms with E-state index < -0.39 is 30.0 Å². The Morgan fingerprint density at radius 1 is 1.52 bits per heavy atom. The number of rotatable bonds is 4. The first-order chi connectivity index (χ1) is 9.92. The molecule has 0 radical (unpaired) electrons. The van der Waals surface area contributed by atoms with Crippen LogP contribution in [0.1, 0.15) is 19.8 Å². The molecule has 0 aromatic carbocycles. The van der Waals surface area contributed by atoms with Crippen LogP contribution in [-0.2, 0) is 23.9 Å². The molecule has 0 aromatic rings. The molecule has 1 N–H and O–H groups in total. The summed E-state index contributed by atoms with van der Waals surface area (Å²) in [6.45, 7) is 4.65. The molecule has 1 saturated heterocycles. The second-order valence-corrected chi connectivity index (χ2v) is 5.30. The van der Waals surface area contributed by atoms with E-state index in [2.05, 4.69) is 18.0 Å². The Kier molecular flexibility index (Phi) is 4.26. The molecule has 1 aliphatic carbocycles. The Morgan fingerprint density at radius 3 is 2.86 bits per heavy atom. The molecule has 1 heterocycles. The average molecular weight is 292 g/mol. The Balaban J connectivity index is 1.93. The predicted octanol–water partition coefficient (Wildman–Crippen LogP) is 0.0657. The number of carbonyl (C=O) groups is 3. The minimum atomic E-state index is -0.771. The van der Waals surface area contributed by atoms with Crippen LogP contribution < -0.4 is 5.32 Å². The summed E-state index contributed by atoms with van der Waals surface area (Å²) in [5.41, 5.74) is 0.280. The molecule has 1 amide bonds. The summed E-state index contributed by atoms with van der Waals surface area (Å²) < 4.78 is 10.3. The van der Waals surface area contributed by atoms with Crippen molar-refractivity contribution in [3.8, 4) is 6.07 Å². The molecule has 2 bridgehead atoms. The lowest BCUT2D eigenvalue weighted by Gasteiger charge is -2.29. The van der Waals surface area contributed by atoms with E-state index in [0.29, 0.717) is 12.8 Å². The highest BCUT2D eigenvalue weighted by molar-refractivity contribution is 5.94. The zero-order valence-corrected chi connectivity index (χ0v) is 11.6. The Labute approximate surface area is 121 Å². The van der Waals surface area contributed by atoms with Gasteiger partial charge in [0.1, 0.15) is 12.6 Å². The fourth-order valence-electron chi connectivity index (χ4n) is 2.54. The molecular formula is C14H16N2O5. The highest BCUT2D eigenvalue weighted by atomic mass is 16.6. The molecule has 4 unspecified atom stereocenters. The molecule has 4 atom stereocenters. The van der Waals surface area contributed by atoms with Gasteiger partial charge in [-0.05, 0) is 13.3 Å². The van der Waals surface area contributed by atoms with Crippen molar-refractivity contribution in [3.05, 3.63) is 12.2 Å². The van der Waals surface area contributed by atoms with Crippen molar-refractivity contribution in [3.63, 3.8) is 0 Å². The molecule has 7 nitrogen and oxygen atoms in total. The van der Waals surface area contributed by atoms with Crippen molar-refractivity contribution in [1.82, 2.24) is 5.32 Å². The monoisotopic (exact) mass is 292 g/mol. The van der Waals surface area contributed by atoms with Crippen molar-refractivity contribution < 1.29 is 23.9 Å². The number of nitrogens with one attached hydrogen (secondary N) is 1. The number of nitrogens with zero attached hydrogens (tertiary/aromatic N) is 1. The van der Waals surface area contributed by atoms with Crippen LogP contribution in [0, 0.1) is 23.2 Å². The van der Waals surface area contributed by atoms with Crippen LogP contribution in [0.15, 0.2) is 12.2 Å². The minimum Gasteiger partial charge on any atom is -0.458 e. The second kappa shape index (κ2) is 5.95. The highest BCUT2D eigenvalue weighted by Crippen LogP contribution is 2.39. The van der Waals surface area contributed by atoms with Gasteiger partial charge in [0, 0.05) is 12.0 Å². The van der Waals surface area contributed by atoms with E-state index in [4.69, 9.17) is 14.7 Å². The van der Waals surface area contributed by atoms with Gasteiger partial charge in [0.15, 0.2) is 6.10 Å². The van der Waals surface area contributed by atoms with Crippen LogP contribution in [0.25, 0.3) is 0 Å². The van der Waals surface area contributed by atoms with Gasteiger partial charge in [-0.3, -0.25) is 14.4 Å². The van der Waals surface area contributed by atoms with Gasteiger partial charge in [0.2, 0.25) is 5.91 Å². The molecule has 7 heteroatoms. The van der Waals surface area contributed by atoms with Crippen molar-refractivity contribution in [1.29, 1.82) is 5.26 Å². The maximum atomic E-state index is 11.7. The van der Waals surface area contributed by atoms with Crippen LogP contribution in [-0.4, -0.2) is 36.6 Å². The van der Waals surface area contributed by atoms with E-state index in [1.807, 2.05) is 0 Å². The SMILES string of the molecule is C=C(C)C(=O)NCC(=O)OC1C(C#N)CC2CC1OC2=O. The molecule has 2 rings (SSSR count). The van der Waals surface area contributed by atoms with E-state index in [9.17, 15) is 14.4 Å².